The molecule has 0 aliphatic carbocycles. The van der Waals surface area contributed by atoms with Gasteiger partial charge in [0.05, 0.1) is 24.4 Å². The fourth-order valence-electron chi connectivity index (χ4n) is 4.40. The van der Waals surface area contributed by atoms with Gasteiger partial charge in [-0.2, -0.15) is 0 Å². The summed E-state index contributed by atoms with van der Waals surface area (Å²) in [6, 6.07) is 9.89. The normalized spacial score (nSPS) is 16.3. The summed E-state index contributed by atoms with van der Waals surface area (Å²) < 4.78 is 13.1. The number of hydrogen-bond donors (Lipinski definition) is 1. The predicted octanol–water partition coefficient (Wildman–Crippen LogP) is 2.95. The molecule has 0 amide bonds. The van der Waals surface area contributed by atoms with Crippen molar-refractivity contribution in [2.24, 2.45) is 0 Å². The SMILES string of the molecule is Cc1ccc2cc(CN(Cc3nnnn3Cc3ccco3)C[C@H]3CCCO3)c(=O)[nH]c2c1C. The highest BCUT2D eigenvalue weighted by Gasteiger charge is 2.22. The van der Waals surface area contributed by atoms with Gasteiger partial charge >= 0.3 is 0 Å². The van der Waals surface area contributed by atoms with Crippen LogP contribution in [-0.2, 0) is 24.4 Å². The number of aromatic amines is 1. The molecule has 4 aromatic rings. The molecule has 0 saturated carbocycles. The van der Waals surface area contributed by atoms with Gasteiger partial charge in [0, 0.05) is 25.3 Å². The number of fused-ring (bicyclic) bond motifs is 1. The Hall–Kier alpha value is -3.30. The smallest absolute Gasteiger partial charge is 0.252 e. The Kier molecular flexibility index (Phi) is 6.06. The Bertz CT molecular complexity index is 1290. The lowest BCUT2D eigenvalue weighted by Gasteiger charge is -2.24. The summed E-state index contributed by atoms with van der Waals surface area (Å²) >= 11 is 0. The van der Waals surface area contributed by atoms with E-state index < -0.39 is 0 Å². The van der Waals surface area contributed by atoms with E-state index in [0.29, 0.717) is 37.6 Å². The molecule has 0 bridgehead atoms. The van der Waals surface area contributed by atoms with Crippen LogP contribution < -0.4 is 5.56 Å². The van der Waals surface area contributed by atoms with E-state index in [1.807, 2.05) is 25.1 Å². The van der Waals surface area contributed by atoms with Crippen molar-refractivity contribution < 1.29 is 9.15 Å². The highest BCUT2D eigenvalue weighted by Crippen LogP contribution is 2.21. The van der Waals surface area contributed by atoms with Gasteiger partial charge < -0.3 is 14.1 Å². The van der Waals surface area contributed by atoms with Crippen molar-refractivity contribution in [1.29, 1.82) is 0 Å². The standard InChI is InChI=1S/C24H28N6O3/c1-16-7-8-18-11-19(24(31)25-23(18)17(16)2)12-29(13-20-5-3-9-32-20)15-22-26-27-28-30(22)14-21-6-4-10-33-21/h4,6-8,10-11,20H,3,5,9,12-15H2,1-2H3,(H,25,31)/t20-/m1/s1. The summed E-state index contributed by atoms with van der Waals surface area (Å²) in [4.78, 5) is 18.3. The molecule has 0 unspecified atom stereocenters. The van der Waals surface area contributed by atoms with Crippen molar-refractivity contribution in [3.05, 3.63) is 75.2 Å². The number of tetrazole rings is 1. The summed E-state index contributed by atoms with van der Waals surface area (Å²) in [5.74, 6) is 1.50. The number of aromatic nitrogens is 5. The zero-order valence-corrected chi connectivity index (χ0v) is 19.0. The van der Waals surface area contributed by atoms with Crippen LogP contribution in [0.2, 0.25) is 0 Å². The minimum absolute atomic E-state index is 0.0660. The van der Waals surface area contributed by atoms with E-state index >= 15 is 0 Å². The third-order valence-electron chi connectivity index (χ3n) is 6.36. The fraction of sp³-hybridized carbons (Fsp3) is 0.417. The molecule has 4 heterocycles. The van der Waals surface area contributed by atoms with Crippen molar-refractivity contribution >= 4 is 10.9 Å². The van der Waals surface area contributed by atoms with Gasteiger partial charge in [-0.05, 0) is 71.8 Å². The molecule has 5 rings (SSSR count). The maximum atomic E-state index is 13.0. The maximum Gasteiger partial charge on any atom is 0.252 e. The lowest BCUT2D eigenvalue weighted by molar-refractivity contribution is 0.0663. The number of aryl methyl sites for hydroxylation is 2. The molecule has 172 valence electrons. The second-order valence-electron chi connectivity index (χ2n) is 8.73. The summed E-state index contributed by atoms with van der Waals surface area (Å²) in [6.45, 7) is 7.01. The maximum absolute atomic E-state index is 13.0. The molecule has 1 N–H and O–H groups in total. The van der Waals surface area contributed by atoms with E-state index in [-0.39, 0.29) is 11.7 Å². The third kappa shape index (κ3) is 4.74. The number of rotatable bonds is 8. The van der Waals surface area contributed by atoms with Crippen molar-refractivity contribution in [3.8, 4) is 0 Å². The van der Waals surface area contributed by atoms with E-state index in [0.717, 1.165) is 47.2 Å². The molecule has 0 spiro atoms. The van der Waals surface area contributed by atoms with E-state index in [1.54, 1.807) is 10.9 Å². The molecular formula is C24H28N6O3. The molecule has 1 aromatic carbocycles. The van der Waals surface area contributed by atoms with Crippen LogP contribution in [0.1, 0.15) is 41.1 Å². The molecule has 1 saturated heterocycles. The summed E-state index contributed by atoms with van der Waals surface area (Å²) in [5.41, 5.74) is 3.81. The van der Waals surface area contributed by atoms with Gasteiger partial charge in [0.1, 0.15) is 12.3 Å². The fourth-order valence-corrected chi connectivity index (χ4v) is 4.40. The minimum Gasteiger partial charge on any atom is -0.467 e. The highest BCUT2D eigenvalue weighted by atomic mass is 16.5. The number of ether oxygens (including phenoxy) is 1. The van der Waals surface area contributed by atoms with Crippen LogP contribution in [0.25, 0.3) is 10.9 Å². The van der Waals surface area contributed by atoms with E-state index in [1.165, 1.54) is 0 Å². The Morgan fingerprint density at radius 1 is 1.24 bits per heavy atom. The Labute approximate surface area is 191 Å². The van der Waals surface area contributed by atoms with E-state index in [4.69, 9.17) is 9.15 Å². The largest absolute Gasteiger partial charge is 0.467 e. The van der Waals surface area contributed by atoms with Crippen LogP contribution in [-0.4, -0.2) is 49.3 Å². The van der Waals surface area contributed by atoms with Crippen LogP contribution in [0.4, 0.5) is 0 Å². The number of hydrogen-bond acceptors (Lipinski definition) is 7. The molecule has 9 nitrogen and oxygen atoms in total. The van der Waals surface area contributed by atoms with Crippen molar-refractivity contribution in [2.75, 3.05) is 13.2 Å². The lowest BCUT2D eigenvalue weighted by Crippen LogP contribution is -2.34. The zero-order chi connectivity index (χ0) is 22.8. The monoisotopic (exact) mass is 448 g/mol. The van der Waals surface area contributed by atoms with Crippen LogP contribution in [0.5, 0.6) is 0 Å². The lowest BCUT2D eigenvalue weighted by atomic mass is 10.0. The third-order valence-corrected chi connectivity index (χ3v) is 6.36. The molecule has 1 aliphatic rings. The number of furan rings is 1. The molecule has 1 fully saturated rings. The topological polar surface area (TPSA) is 102 Å². The molecular weight excluding hydrogens is 420 g/mol. The number of nitrogens with zero attached hydrogens (tertiary/aromatic N) is 5. The Morgan fingerprint density at radius 2 is 2.15 bits per heavy atom. The van der Waals surface area contributed by atoms with Crippen molar-refractivity contribution in [1.82, 2.24) is 30.1 Å². The number of nitrogens with one attached hydrogen (secondary N) is 1. The molecule has 9 heteroatoms. The first-order chi connectivity index (χ1) is 16.1. The average molecular weight is 449 g/mol. The average Bonchev–Trinajstić information content (AvgIpc) is 3.57. The van der Waals surface area contributed by atoms with Gasteiger partial charge in [-0.3, -0.25) is 9.69 Å². The van der Waals surface area contributed by atoms with Gasteiger partial charge in [-0.15, -0.1) is 5.10 Å². The van der Waals surface area contributed by atoms with Gasteiger partial charge in [0.2, 0.25) is 0 Å². The van der Waals surface area contributed by atoms with E-state index in [2.05, 4.69) is 44.5 Å². The second-order valence-corrected chi connectivity index (χ2v) is 8.73. The first kappa shape index (κ1) is 21.5. The minimum atomic E-state index is -0.0660. The zero-order valence-electron chi connectivity index (χ0n) is 19.0. The summed E-state index contributed by atoms with van der Waals surface area (Å²) in [7, 11) is 0. The Morgan fingerprint density at radius 3 is 2.94 bits per heavy atom. The summed E-state index contributed by atoms with van der Waals surface area (Å²) in [5, 5.41) is 13.3. The number of pyridine rings is 1. The Balaban J connectivity index is 1.42. The molecule has 0 radical (unpaired) electrons. The summed E-state index contributed by atoms with van der Waals surface area (Å²) in [6.07, 6.45) is 3.85. The predicted molar refractivity (Wildman–Crippen MR) is 123 cm³/mol. The van der Waals surface area contributed by atoms with Crippen molar-refractivity contribution in [3.63, 3.8) is 0 Å². The van der Waals surface area contributed by atoms with Crippen LogP contribution in [0.15, 0.2) is 45.8 Å². The van der Waals surface area contributed by atoms with Gasteiger partial charge in [-0.25, -0.2) is 4.68 Å². The van der Waals surface area contributed by atoms with E-state index in [9.17, 15) is 4.79 Å². The molecule has 33 heavy (non-hydrogen) atoms. The van der Waals surface area contributed by atoms with Gasteiger partial charge in [0.25, 0.3) is 5.56 Å². The first-order valence-electron chi connectivity index (χ1n) is 11.3. The van der Waals surface area contributed by atoms with Crippen LogP contribution >= 0.6 is 0 Å². The molecule has 1 aliphatic heterocycles. The van der Waals surface area contributed by atoms with Crippen LogP contribution in [0, 0.1) is 13.8 Å². The van der Waals surface area contributed by atoms with Gasteiger partial charge in [-0.1, -0.05) is 12.1 Å². The van der Waals surface area contributed by atoms with Crippen molar-refractivity contribution in [2.45, 2.75) is 52.4 Å². The first-order valence-corrected chi connectivity index (χ1v) is 11.3. The van der Waals surface area contributed by atoms with Gasteiger partial charge in [0.15, 0.2) is 5.82 Å². The highest BCUT2D eigenvalue weighted by molar-refractivity contribution is 5.83. The quantitative estimate of drug-likeness (QED) is 0.442. The van der Waals surface area contributed by atoms with Crippen LogP contribution in [0.3, 0.4) is 0 Å². The second kappa shape index (κ2) is 9.29. The number of H-pyrrole nitrogens is 1. The molecule has 3 aromatic heterocycles. The number of benzene rings is 1. The molecule has 1 atom stereocenters.